The number of rotatable bonds is 7. The van der Waals surface area contributed by atoms with Gasteiger partial charge < -0.3 is 10.2 Å². The van der Waals surface area contributed by atoms with Crippen molar-refractivity contribution in [1.82, 2.24) is 9.88 Å². The average molecular weight is 463 g/mol. The lowest BCUT2D eigenvalue weighted by atomic mass is 9.87. The van der Waals surface area contributed by atoms with Crippen molar-refractivity contribution >= 4 is 28.1 Å². The predicted octanol–water partition coefficient (Wildman–Crippen LogP) is 5.80. The minimum absolute atomic E-state index is 0.0666. The Morgan fingerprint density at radius 2 is 2.00 bits per heavy atom. The van der Waals surface area contributed by atoms with Crippen LogP contribution in [0.25, 0.3) is 0 Å². The van der Waals surface area contributed by atoms with E-state index in [0.29, 0.717) is 17.1 Å². The SMILES string of the molecule is CN1CCCC1C1=CN(c2ccc(C(CC3CCCC3)C(=O)Nc3nccs3)cc2)CC=C1. The smallest absolute Gasteiger partial charge is 0.233 e. The minimum atomic E-state index is -0.134. The predicted molar refractivity (Wildman–Crippen MR) is 137 cm³/mol. The minimum Gasteiger partial charge on any atom is -0.344 e. The zero-order valence-corrected chi connectivity index (χ0v) is 20.3. The number of likely N-dealkylation sites (tertiary alicyclic amines) is 1. The first-order chi connectivity index (χ1) is 16.2. The van der Waals surface area contributed by atoms with Gasteiger partial charge in [-0.3, -0.25) is 9.69 Å². The molecule has 0 radical (unpaired) electrons. The number of carbonyl (C=O) groups excluding carboxylic acids is 1. The zero-order valence-electron chi connectivity index (χ0n) is 19.5. The van der Waals surface area contributed by atoms with Crippen LogP contribution in [0.15, 0.2) is 59.8 Å². The van der Waals surface area contributed by atoms with E-state index in [1.165, 1.54) is 67.7 Å². The summed E-state index contributed by atoms with van der Waals surface area (Å²) < 4.78 is 0. The molecule has 2 aromatic rings. The topological polar surface area (TPSA) is 48.5 Å². The number of nitrogens with one attached hydrogen (secondary N) is 1. The van der Waals surface area contributed by atoms with Crippen molar-refractivity contribution in [3.8, 4) is 0 Å². The van der Waals surface area contributed by atoms with Crippen molar-refractivity contribution < 1.29 is 4.79 Å². The fourth-order valence-corrected chi connectivity index (χ4v) is 6.17. The lowest BCUT2D eigenvalue weighted by Gasteiger charge is -2.28. The zero-order chi connectivity index (χ0) is 22.6. The van der Waals surface area contributed by atoms with Crippen LogP contribution in [0.2, 0.25) is 0 Å². The summed E-state index contributed by atoms with van der Waals surface area (Å²) in [6, 6.07) is 9.19. The maximum atomic E-state index is 13.2. The summed E-state index contributed by atoms with van der Waals surface area (Å²) in [5.74, 6) is 0.570. The monoisotopic (exact) mass is 462 g/mol. The van der Waals surface area contributed by atoms with Gasteiger partial charge in [0.1, 0.15) is 0 Å². The molecule has 5 nitrogen and oxygen atoms in total. The van der Waals surface area contributed by atoms with Crippen molar-refractivity contribution in [3.63, 3.8) is 0 Å². The number of anilines is 2. The van der Waals surface area contributed by atoms with E-state index < -0.39 is 0 Å². The summed E-state index contributed by atoms with van der Waals surface area (Å²) >= 11 is 1.47. The molecular weight excluding hydrogens is 428 g/mol. The highest BCUT2D eigenvalue weighted by atomic mass is 32.1. The number of nitrogens with zero attached hydrogens (tertiary/aromatic N) is 3. The van der Waals surface area contributed by atoms with Crippen molar-refractivity contribution in [2.45, 2.75) is 56.9 Å². The van der Waals surface area contributed by atoms with Crippen LogP contribution in [-0.4, -0.2) is 42.0 Å². The molecule has 1 saturated heterocycles. The summed E-state index contributed by atoms with van der Waals surface area (Å²) in [7, 11) is 2.22. The number of carbonyl (C=O) groups is 1. The van der Waals surface area contributed by atoms with Crippen molar-refractivity contribution in [3.05, 3.63) is 65.3 Å². The van der Waals surface area contributed by atoms with Gasteiger partial charge in [-0.2, -0.15) is 0 Å². The molecule has 6 heteroatoms. The van der Waals surface area contributed by atoms with E-state index >= 15 is 0 Å². The molecule has 5 rings (SSSR count). The van der Waals surface area contributed by atoms with Crippen molar-refractivity contribution in [1.29, 1.82) is 0 Å². The van der Waals surface area contributed by atoms with Crippen molar-refractivity contribution in [2.75, 3.05) is 30.4 Å². The summed E-state index contributed by atoms with van der Waals surface area (Å²) in [6.45, 7) is 2.06. The Morgan fingerprint density at radius 1 is 1.18 bits per heavy atom. The van der Waals surface area contributed by atoms with E-state index in [2.05, 4.69) is 69.8 Å². The average Bonchev–Trinajstić information content (AvgIpc) is 3.61. The second-order valence-electron chi connectivity index (χ2n) is 9.68. The number of hydrogen-bond acceptors (Lipinski definition) is 5. The van der Waals surface area contributed by atoms with Gasteiger partial charge in [-0.15, -0.1) is 11.3 Å². The number of benzene rings is 1. The summed E-state index contributed by atoms with van der Waals surface area (Å²) in [5.41, 5.74) is 3.68. The van der Waals surface area contributed by atoms with E-state index in [0.717, 1.165) is 18.5 Å². The highest BCUT2D eigenvalue weighted by molar-refractivity contribution is 7.13. The van der Waals surface area contributed by atoms with Gasteiger partial charge in [-0.1, -0.05) is 50.0 Å². The van der Waals surface area contributed by atoms with Crippen LogP contribution in [0.5, 0.6) is 0 Å². The Kier molecular flexibility index (Phi) is 6.93. The molecule has 33 heavy (non-hydrogen) atoms. The molecule has 2 fully saturated rings. The van der Waals surface area contributed by atoms with Crippen LogP contribution >= 0.6 is 11.3 Å². The maximum Gasteiger partial charge on any atom is 0.233 e. The number of hydrogen-bond donors (Lipinski definition) is 1. The Balaban J connectivity index is 1.33. The second kappa shape index (κ2) is 10.2. The van der Waals surface area contributed by atoms with Gasteiger partial charge >= 0.3 is 0 Å². The molecule has 3 aliphatic rings. The lowest BCUT2D eigenvalue weighted by Crippen LogP contribution is -2.30. The van der Waals surface area contributed by atoms with Gasteiger partial charge in [0.2, 0.25) is 5.91 Å². The molecular formula is C27H34N4OS. The van der Waals surface area contributed by atoms with Gasteiger partial charge in [0.25, 0.3) is 0 Å². The Morgan fingerprint density at radius 3 is 2.70 bits per heavy atom. The molecule has 0 bridgehead atoms. The summed E-state index contributed by atoms with van der Waals surface area (Å²) in [5, 5.41) is 5.63. The van der Waals surface area contributed by atoms with Crippen LogP contribution in [0.4, 0.5) is 10.8 Å². The summed E-state index contributed by atoms with van der Waals surface area (Å²) in [6.07, 6.45) is 17.1. The van der Waals surface area contributed by atoms with Gasteiger partial charge in [0.15, 0.2) is 5.13 Å². The maximum absolute atomic E-state index is 13.2. The molecule has 3 heterocycles. The molecule has 0 spiro atoms. The molecule has 1 N–H and O–H groups in total. The van der Waals surface area contributed by atoms with Gasteiger partial charge in [-0.25, -0.2) is 4.98 Å². The first-order valence-electron chi connectivity index (χ1n) is 12.3. The summed E-state index contributed by atoms with van der Waals surface area (Å²) in [4.78, 5) is 22.3. The lowest BCUT2D eigenvalue weighted by molar-refractivity contribution is -0.118. The quantitative estimate of drug-likeness (QED) is 0.565. The third-order valence-electron chi connectivity index (χ3n) is 7.47. The molecule has 1 amide bonds. The number of amides is 1. The molecule has 1 aromatic carbocycles. The van der Waals surface area contributed by atoms with Crippen LogP contribution in [0.3, 0.4) is 0 Å². The van der Waals surface area contributed by atoms with Crippen molar-refractivity contribution in [2.24, 2.45) is 5.92 Å². The highest BCUT2D eigenvalue weighted by Crippen LogP contribution is 2.36. The standard InChI is InChI=1S/C27H34N4OS/c1-30-15-5-9-25(30)22-8-4-16-31(19-22)23-12-10-21(11-13-23)24(18-20-6-2-3-7-20)26(32)29-27-28-14-17-33-27/h4,8,10-14,17,19-20,24-25H,2-3,5-7,9,15-16,18H2,1H3,(H,28,29,32). The van der Waals surface area contributed by atoms with Gasteiger partial charge in [0, 0.05) is 36.1 Å². The van der Waals surface area contributed by atoms with Crippen LogP contribution in [-0.2, 0) is 4.79 Å². The highest BCUT2D eigenvalue weighted by Gasteiger charge is 2.28. The van der Waals surface area contributed by atoms with E-state index in [-0.39, 0.29) is 11.8 Å². The van der Waals surface area contributed by atoms with E-state index in [1.807, 2.05) is 5.38 Å². The second-order valence-corrected chi connectivity index (χ2v) is 10.6. The molecule has 174 valence electrons. The fourth-order valence-electron chi connectivity index (χ4n) is 5.64. The normalized spacial score (nSPS) is 22.5. The van der Waals surface area contributed by atoms with Crippen LogP contribution in [0.1, 0.15) is 56.4 Å². The fraction of sp³-hybridized carbons (Fsp3) is 0.481. The Labute approximate surface area is 201 Å². The van der Waals surface area contributed by atoms with Gasteiger partial charge in [0.05, 0.1) is 5.92 Å². The molecule has 1 saturated carbocycles. The largest absolute Gasteiger partial charge is 0.344 e. The van der Waals surface area contributed by atoms with Gasteiger partial charge in [-0.05, 0) is 62.0 Å². The molecule has 2 unspecified atom stereocenters. The third kappa shape index (κ3) is 5.22. The molecule has 1 aliphatic carbocycles. The van der Waals surface area contributed by atoms with Crippen LogP contribution < -0.4 is 10.2 Å². The first-order valence-corrected chi connectivity index (χ1v) is 13.2. The number of likely N-dealkylation sites (N-methyl/N-ethyl adjacent to an activating group) is 1. The third-order valence-corrected chi connectivity index (χ3v) is 8.16. The van der Waals surface area contributed by atoms with E-state index in [1.54, 1.807) is 6.20 Å². The Hall–Kier alpha value is -2.44. The molecule has 2 atom stereocenters. The molecule has 2 aliphatic heterocycles. The number of aromatic nitrogens is 1. The molecule has 1 aromatic heterocycles. The Bertz CT molecular complexity index is 992. The number of thiazole rings is 1. The first kappa shape index (κ1) is 22.4. The van der Waals surface area contributed by atoms with Crippen LogP contribution in [0, 0.1) is 5.92 Å². The van der Waals surface area contributed by atoms with E-state index in [9.17, 15) is 4.79 Å². The van der Waals surface area contributed by atoms with E-state index in [4.69, 9.17) is 0 Å².